The number of hydrogen-bond donors (Lipinski definition) is 0. The summed E-state index contributed by atoms with van der Waals surface area (Å²) < 4.78 is 6.45. The van der Waals surface area contributed by atoms with Crippen LogP contribution in [0.1, 0.15) is 0 Å². The highest BCUT2D eigenvalue weighted by Crippen LogP contribution is 2.40. The van der Waals surface area contributed by atoms with Crippen LogP contribution in [-0.4, -0.2) is 9.97 Å². The zero-order valence-electron chi connectivity index (χ0n) is 27.0. The van der Waals surface area contributed by atoms with Crippen LogP contribution < -0.4 is 4.90 Å². The van der Waals surface area contributed by atoms with Gasteiger partial charge in [0.05, 0.1) is 11.0 Å². The van der Waals surface area contributed by atoms with Crippen molar-refractivity contribution in [1.29, 1.82) is 0 Å². The summed E-state index contributed by atoms with van der Waals surface area (Å²) in [5.74, 6) is 0. The number of hydrogen-bond acceptors (Lipinski definition) is 4. The van der Waals surface area contributed by atoms with Crippen molar-refractivity contribution in [3.05, 3.63) is 176 Å². The Morgan fingerprint density at radius 3 is 1.42 bits per heavy atom. The van der Waals surface area contributed by atoms with Crippen molar-refractivity contribution in [1.82, 2.24) is 9.97 Å². The van der Waals surface area contributed by atoms with Gasteiger partial charge in [-0.15, -0.1) is 0 Å². The van der Waals surface area contributed by atoms with Gasteiger partial charge in [-0.1, -0.05) is 97.1 Å². The van der Waals surface area contributed by atoms with Crippen LogP contribution in [0.2, 0.25) is 0 Å². The van der Waals surface area contributed by atoms with E-state index >= 15 is 0 Å². The van der Waals surface area contributed by atoms with Crippen molar-refractivity contribution in [2.75, 3.05) is 4.90 Å². The number of aromatic nitrogens is 2. The molecule has 4 nitrogen and oxygen atoms in total. The third kappa shape index (κ3) is 4.85. The second-order valence-electron chi connectivity index (χ2n) is 12.7. The van der Waals surface area contributed by atoms with Crippen molar-refractivity contribution in [2.24, 2.45) is 0 Å². The fourth-order valence-corrected chi connectivity index (χ4v) is 7.15. The number of nitrogens with zero attached hydrogens (tertiary/aromatic N) is 3. The molecule has 0 unspecified atom stereocenters. The first-order valence-corrected chi connectivity index (χ1v) is 16.8. The van der Waals surface area contributed by atoms with E-state index in [1.54, 1.807) is 12.4 Å². The van der Waals surface area contributed by atoms with Gasteiger partial charge in [-0.25, -0.2) is 0 Å². The van der Waals surface area contributed by atoms with Crippen molar-refractivity contribution in [3.8, 4) is 22.3 Å². The molecule has 0 saturated heterocycles. The Bertz CT molecular complexity index is 2750. The van der Waals surface area contributed by atoms with Crippen molar-refractivity contribution in [3.63, 3.8) is 0 Å². The summed E-state index contributed by atoms with van der Waals surface area (Å²) in [4.78, 5) is 11.3. The van der Waals surface area contributed by atoms with E-state index in [1.807, 2.05) is 6.07 Å². The van der Waals surface area contributed by atoms with Gasteiger partial charge in [0.2, 0.25) is 0 Å². The second-order valence-corrected chi connectivity index (χ2v) is 12.7. The predicted octanol–water partition coefficient (Wildman–Crippen LogP) is 12.6. The van der Waals surface area contributed by atoms with Gasteiger partial charge in [0.25, 0.3) is 0 Å². The molecule has 0 aliphatic rings. The Balaban J connectivity index is 1.08. The van der Waals surface area contributed by atoms with Gasteiger partial charge in [0.1, 0.15) is 11.2 Å². The third-order valence-electron chi connectivity index (χ3n) is 9.72. The molecule has 0 atom stereocenters. The molecule has 0 fully saturated rings. The first kappa shape index (κ1) is 28.3. The van der Waals surface area contributed by atoms with Crippen LogP contribution in [-0.2, 0) is 0 Å². The molecular formula is C46H29N3O. The Hall–Kier alpha value is -6.78. The minimum atomic E-state index is 0.802. The smallest absolute Gasteiger partial charge is 0.137 e. The number of fused-ring (bicyclic) bond motifs is 6. The summed E-state index contributed by atoms with van der Waals surface area (Å²) in [6, 6.07) is 58.4. The van der Waals surface area contributed by atoms with E-state index in [4.69, 9.17) is 4.42 Å². The van der Waals surface area contributed by atoms with E-state index in [0.29, 0.717) is 0 Å². The van der Waals surface area contributed by atoms with Crippen LogP contribution in [0.4, 0.5) is 17.1 Å². The van der Waals surface area contributed by atoms with E-state index in [0.717, 1.165) is 50.0 Å². The third-order valence-corrected chi connectivity index (χ3v) is 9.72. The fraction of sp³-hybridized carbons (Fsp3) is 0. The predicted molar refractivity (Wildman–Crippen MR) is 207 cm³/mol. The van der Waals surface area contributed by atoms with Crippen LogP contribution in [0.5, 0.6) is 0 Å². The summed E-state index contributed by atoms with van der Waals surface area (Å²) in [5, 5.41) is 7.04. The molecule has 10 aromatic rings. The minimum Gasteiger partial charge on any atom is -0.456 e. The lowest BCUT2D eigenvalue weighted by Crippen LogP contribution is -2.09. The Morgan fingerprint density at radius 2 is 0.840 bits per heavy atom. The average molecular weight is 640 g/mol. The molecule has 0 aliphatic carbocycles. The molecule has 0 radical (unpaired) electrons. The lowest BCUT2D eigenvalue weighted by atomic mass is 10.00. The SMILES string of the molecule is c1ccc2cc(-c3ccc(N(c4ccc(-c5ccc6ccccc6c5)cc4)c4ccc5c(c4)oc4cc6nccnc6cc45)cc3)ccc2c1. The van der Waals surface area contributed by atoms with E-state index in [1.165, 1.54) is 43.8 Å². The molecule has 0 bridgehead atoms. The normalized spacial score (nSPS) is 11.6. The van der Waals surface area contributed by atoms with Gasteiger partial charge < -0.3 is 9.32 Å². The molecule has 10 rings (SSSR count). The second kappa shape index (κ2) is 11.4. The summed E-state index contributed by atoms with van der Waals surface area (Å²) in [6.07, 6.45) is 3.44. The Morgan fingerprint density at radius 1 is 0.360 bits per heavy atom. The quantitative estimate of drug-likeness (QED) is 0.188. The standard InChI is InChI=1S/C46H29N3O/c1-3-7-34-25-36(11-9-30(34)5-1)32-13-17-38(18-14-32)49(39-19-15-33(16-20-39)37-12-10-31-6-2-4-8-35(31)26-37)40-21-22-41-42-28-43-44(48-24-23-47-43)29-46(42)50-45(41)27-40/h1-29H. The van der Waals surface area contributed by atoms with Crippen LogP contribution in [0.3, 0.4) is 0 Å². The lowest BCUT2D eigenvalue weighted by molar-refractivity contribution is 0.669. The van der Waals surface area contributed by atoms with Gasteiger partial charge in [-0.05, 0) is 98.4 Å². The van der Waals surface area contributed by atoms with Crippen molar-refractivity contribution in [2.45, 2.75) is 0 Å². The molecule has 8 aromatic carbocycles. The van der Waals surface area contributed by atoms with Gasteiger partial charge in [-0.2, -0.15) is 0 Å². The topological polar surface area (TPSA) is 42.2 Å². The van der Waals surface area contributed by atoms with Crippen LogP contribution in [0.25, 0.3) is 76.8 Å². The molecule has 2 aromatic heterocycles. The molecule has 2 heterocycles. The highest BCUT2D eigenvalue weighted by molar-refractivity contribution is 6.09. The molecule has 0 N–H and O–H groups in total. The lowest BCUT2D eigenvalue weighted by Gasteiger charge is -2.26. The van der Waals surface area contributed by atoms with Crippen molar-refractivity contribution >= 4 is 71.6 Å². The maximum Gasteiger partial charge on any atom is 0.137 e. The van der Waals surface area contributed by atoms with Gasteiger partial charge in [0, 0.05) is 52.4 Å². The molecule has 0 saturated carbocycles. The zero-order valence-corrected chi connectivity index (χ0v) is 27.0. The van der Waals surface area contributed by atoms with Crippen LogP contribution >= 0.6 is 0 Å². The monoisotopic (exact) mass is 639 g/mol. The Kier molecular flexibility index (Phi) is 6.46. The van der Waals surface area contributed by atoms with Crippen LogP contribution in [0, 0.1) is 0 Å². The highest BCUT2D eigenvalue weighted by atomic mass is 16.3. The molecule has 50 heavy (non-hydrogen) atoms. The van der Waals surface area contributed by atoms with Gasteiger partial charge in [0.15, 0.2) is 0 Å². The molecule has 0 aliphatic heterocycles. The number of furan rings is 1. The molecule has 0 spiro atoms. The maximum atomic E-state index is 6.45. The highest BCUT2D eigenvalue weighted by Gasteiger charge is 2.17. The number of anilines is 3. The maximum absolute atomic E-state index is 6.45. The first-order valence-electron chi connectivity index (χ1n) is 16.8. The molecule has 4 heteroatoms. The van der Waals surface area contributed by atoms with E-state index in [-0.39, 0.29) is 0 Å². The summed E-state index contributed by atoms with van der Waals surface area (Å²) in [5.41, 5.74) is 11.2. The fourth-order valence-electron chi connectivity index (χ4n) is 7.15. The minimum absolute atomic E-state index is 0.802. The molecule has 234 valence electrons. The van der Waals surface area contributed by atoms with E-state index in [9.17, 15) is 0 Å². The number of rotatable bonds is 5. The molecular weight excluding hydrogens is 611 g/mol. The first-order chi connectivity index (χ1) is 24.7. The van der Waals surface area contributed by atoms with Gasteiger partial charge >= 0.3 is 0 Å². The molecule has 0 amide bonds. The summed E-state index contributed by atoms with van der Waals surface area (Å²) >= 11 is 0. The average Bonchev–Trinajstić information content (AvgIpc) is 3.53. The number of benzene rings is 8. The van der Waals surface area contributed by atoms with Crippen molar-refractivity contribution < 1.29 is 4.42 Å². The van der Waals surface area contributed by atoms with Crippen LogP contribution in [0.15, 0.2) is 181 Å². The summed E-state index contributed by atoms with van der Waals surface area (Å²) in [6.45, 7) is 0. The van der Waals surface area contributed by atoms with E-state index < -0.39 is 0 Å². The zero-order chi connectivity index (χ0) is 33.0. The van der Waals surface area contributed by atoms with E-state index in [2.05, 4.69) is 173 Å². The summed E-state index contributed by atoms with van der Waals surface area (Å²) in [7, 11) is 0. The largest absolute Gasteiger partial charge is 0.456 e. The van der Waals surface area contributed by atoms with Gasteiger partial charge in [-0.3, -0.25) is 9.97 Å². The Labute approximate surface area is 288 Å².